The van der Waals surface area contributed by atoms with Crippen molar-refractivity contribution in [2.45, 2.75) is 18.2 Å². The number of halogens is 1. The Balaban J connectivity index is 3.31. The molecule has 0 heterocycles. The first-order valence-corrected chi connectivity index (χ1v) is 5.74. The van der Waals surface area contributed by atoms with Crippen LogP contribution in [0.3, 0.4) is 0 Å². The van der Waals surface area contributed by atoms with Gasteiger partial charge in [-0.1, -0.05) is 28.1 Å². The molecule has 0 aliphatic carbocycles. The molecule has 0 amide bonds. The van der Waals surface area contributed by atoms with Gasteiger partial charge in [-0.2, -0.15) is 5.26 Å². The summed E-state index contributed by atoms with van der Waals surface area (Å²) >= 11 is 3.24. The van der Waals surface area contributed by atoms with Gasteiger partial charge in [0.15, 0.2) is 5.78 Å². The predicted molar refractivity (Wildman–Crippen MR) is 65.0 cm³/mol. The summed E-state index contributed by atoms with van der Waals surface area (Å²) in [4.78, 5) is 11.7. The van der Waals surface area contributed by atoms with Gasteiger partial charge in [0.05, 0.1) is 30.0 Å². The summed E-state index contributed by atoms with van der Waals surface area (Å²) in [5.41, 5.74) is 1.20. The molecular formula is C12H12BrNO2. The van der Waals surface area contributed by atoms with Crippen LogP contribution in [0.4, 0.5) is 0 Å². The molecule has 0 N–H and O–H groups in total. The van der Waals surface area contributed by atoms with Crippen molar-refractivity contribution in [1.82, 2.24) is 0 Å². The number of methoxy groups -OCH3 is 1. The largest absolute Gasteiger partial charge is 0.496 e. The lowest BCUT2D eigenvalue weighted by molar-refractivity contribution is 0.0992. The SMILES string of the molecule is COc1cccc(CC#N)c1C(=O)C(C)Br. The second-order valence-corrected chi connectivity index (χ2v) is 4.68. The third-order valence-electron chi connectivity index (χ3n) is 2.21. The fraction of sp³-hybridized carbons (Fsp3) is 0.333. The number of hydrogen-bond acceptors (Lipinski definition) is 3. The summed E-state index contributed by atoms with van der Waals surface area (Å²) in [6.07, 6.45) is 0.206. The van der Waals surface area contributed by atoms with E-state index in [2.05, 4.69) is 15.9 Å². The third-order valence-corrected chi connectivity index (χ3v) is 2.63. The van der Waals surface area contributed by atoms with E-state index in [4.69, 9.17) is 10.00 Å². The zero-order valence-electron chi connectivity index (χ0n) is 9.16. The molecule has 0 aliphatic rings. The van der Waals surface area contributed by atoms with E-state index in [1.54, 1.807) is 25.1 Å². The molecule has 1 aromatic carbocycles. The van der Waals surface area contributed by atoms with Gasteiger partial charge in [0.25, 0.3) is 0 Å². The summed E-state index contributed by atoms with van der Waals surface area (Å²) in [6, 6.07) is 7.32. The van der Waals surface area contributed by atoms with Crippen LogP contribution >= 0.6 is 15.9 Å². The number of alkyl halides is 1. The van der Waals surface area contributed by atoms with E-state index >= 15 is 0 Å². The van der Waals surface area contributed by atoms with Gasteiger partial charge in [-0.25, -0.2) is 0 Å². The Labute approximate surface area is 103 Å². The maximum absolute atomic E-state index is 12.0. The Bertz CT molecular complexity index is 435. The highest BCUT2D eigenvalue weighted by atomic mass is 79.9. The van der Waals surface area contributed by atoms with Crippen molar-refractivity contribution in [3.63, 3.8) is 0 Å². The first-order valence-electron chi connectivity index (χ1n) is 4.83. The van der Waals surface area contributed by atoms with Crippen molar-refractivity contribution in [3.8, 4) is 11.8 Å². The summed E-state index contributed by atoms with van der Waals surface area (Å²) in [5.74, 6) is 0.451. The molecule has 16 heavy (non-hydrogen) atoms. The molecule has 1 aromatic rings. The second-order valence-electron chi connectivity index (χ2n) is 3.31. The average molecular weight is 282 g/mol. The van der Waals surface area contributed by atoms with Gasteiger partial charge in [0.2, 0.25) is 0 Å². The average Bonchev–Trinajstić information content (AvgIpc) is 2.28. The van der Waals surface area contributed by atoms with Crippen LogP contribution in [0.25, 0.3) is 0 Å². The van der Waals surface area contributed by atoms with Crippen LogP contribution in [-0.4, -0.2) is 17.7 Å². The Morgan fingerprint density at radius 1 is 1.62 bits per heavy atom. The van der Waals surface area contributed by atoms with Crippen LogP contribution in [0, 0.1) is 11.3 Å². The Kier molecular flexibility index (Phi) is 4.51. The van der Waals surface area contributed by atoms with E-state index in [-0.39, 0.29) is 17.0 Å². The molecule has 1 unspecified atom stereocenters. The molecule has 84 valence electrons. The number of ketones is 1. The van der Waals surface area contributed by atoms with Crippen molar-refractivity contribution in [2.24, 2.45) is 0 Å². The lowest BCUT2D eigenvalue weighted by Gasteiger charge is -2.12. The van der Waals surface area contributed by atoms with E-state index in [0.717, 1.165) is 0 Å². The molecule has 0 aromatic heterocycles. The van der Waals surface area contributed by atoms with E-state index in [1.807, 2.05) is 6.07 Å². The molecule has 0 fully saturated rings. The van der Waals surface area contributed by atoms with Gasteiger partial charge in [0, 0.05) is 0 Å². The zero-order chi connectivity index (χ0) is 12.1. The Morgan fingerprint density at radius 2 is 2.31 bits per heavy atom. The standard InChI is InChI=1S/C12H12BrNO2/c1-8(13)12(15)11-9(6-7-14)4-3-5-10(11)16-2/h3-5,8H,6H2,1-2H3. The summed E-state index contributed by atoms with van der Waals surface area (Å²) in [6.45, 7) is 1.75. The van der Waals surface area contributed by atoms with E-state index in [9.17, 15) is 4.79 Å². The molecule has 0 aliphatic heterocycles. The van der Waals surface area contributed by atoms with Gasteiger partial charge in [-0.05, 0) is 18.6 Å². The van der Waals surface area contributed by atoms with Crippen LogP contribution in [0.2, 0.25) is 0 Å². The number of ether oxygens (including phenoxy) is 1. The van der Waals surface area contributed by atoms with Crippen LogP contribution in [0.1, 0.15) is 22.8 Å². The van der Waals surface area contributed by atoms with Crippen molar-refractivity contribution in [3.05, 3.63) is 29.3 Å². The highest BCUT2D eigenvalue weighted by Crippen LogP contribution is 2.25. The van der Waals surface area contributed by atoms with Crippen molar-refractivity contribution >= 4 is 21.7 Å². The maximum Gasteiger partial charge on any atom is 0.180 e. The molecule has 3 nitrogen and oxygen atoms in total. The molecule has 1 atom stereocenters. The van der Waals surface area contributed by atoms with Crippen LogP contribution in [-0.2, 0) is 6.42 Å². The number of nitriles is 1. The zero-order valence-corrected chi connectivity index (χ0v) is 10.7. The Hall–Kier alpha value is -1.34. The lowest BCUT2D eigenvalue weighted by Crippen LogP contribution is -2.14. The molecule has 0 spiro atoms. The van der Waals surface area contributed by atoms with Crippen LogP contribution < -0.4 is 4.74 Å². The first-order chi connectivity index (χ1) is 7.61. The fourth-order valence-corrected chi connectivity index (χ4v) is 1.69. The molecule has 4 heteroatoms. The minimum absolute atomic E-state index is 0.0669. The third kappa shape index (κ3) is 2.61. The van der Waals surface area contributed by atoms with Gasteiger partial charge >= 0.3 is 0 Å². The van der Waals surface area contributed by atoms with Gasteiger partial charge in [-0.15, -0.1) is 0 Å². The predicted octanol–water partition coefficient (Wildman–Crippen LogP) is 2.73. The van der Waals surface area contributed by atoms with E-state index < -0.39 is 0 Å². The number of nitrogens with zero attached hydrogens (tertiary/aromatic N) is 1. The summed E-state index contributed by atoms with van der Waals surface area (Å²) in [5, 5.41) is 8.71. The molecule has 0 radical (unpaired) electrons. The van der Waals surface area contributed by atoms with Crippen molar-refractivity contribution in [2.75, 3.05) is 7.11 Å². The van der Waals surface area contributed by atoms with Gasteiger partial charge in [0.1, 0.15) is 5.75 Å². The fourth-order valence-electron chi connectivity index (χ4n) is 1.46. The number of rotatable bonds is 4. The van der Waals surface area contributed by atoms with Gasteiger partial charge in [-0.3, -0.25) is 4.79 Å². The van der Waals surface area contributed by atoms with E-state index in [0.29, 0.717) is 16.9 Å². The van der Waals surface area contributed by atoms with Crippen molar-refractivity contribution in [1.29, 1.82) is 5.26 Å². The Morgan fingerprint density at radius 3 is 2.81 bits per heavy atom. The van der Waals surface area contributed by atoms with Crippen molar-refractivity contribution < 1.29 is 9.53 Å². The molecule has 0 saturated heterocycles. The number of carbonyl (C=O) groups excluding carboxylic acids is 1. The molecule has 0 bridgehead atoms. The monoisotopic (exact) mass is 281 g/mol. The number of benzene rings is 1. The molecular weight excluding hydrogens is 270 g/mol. The maximum atomic E-state index is 12.0. The van der Waals surface area contributed by atoms with Gasteiger partial charge < -0.3 is 4.74 Å². The quantitative estimate of drug-likeness (QED) is 0.630. The number of Topliss-reactive ketones (excluding diaryl/α,β-unsaturated/α-hetero) is 1. The second kappa shape index (κ2) is 5.66. The highest BCUT2D eigenvalue weighted by Gasteiger charge is 2.20. The molecule has 1 rings (SSSR count). The van der Waals surface area contributed by atoms with Crippen LogP contribution in [0.15, 0.2) is 18.2 Å². The summed E-state index contributed by atoms with van der Waals surface area (Å²) in [7, 11) is 1.52. The normalized spacial score (nSPS) is 11.6. The number of hydrogen-bond donors (Lipinski definition) is 0. The summed E-state index contributed by atoms with van der Waals surface area (Å²) < 4.78 is 5.15. The lowest BCUT2D eigenvalue weighted by atomic mass is 9.99. The topological polar surface area (TPSA) is 50.1 Å². The number of carbonyl (C=O) groups is 1. The molecule has 0 saturated carbocycles. The van der Waals surface area contributed by atoms with E-state index in [1.165, 1.54) is 7.11 Å². The van der Waals surface area contributed by atoms with Crippen LogP contribution in [0.5, 0.6) is 5.75 Å². The minimum Gasteiger partial charge on any atom is -0.496 e. The minimum atomic E-state index is -0.291. The highest BCUT2D eigenvalue weighted by molar-refractivity contribution is 9.10. The first kappa shape index (κ1) is 12.7. The smallest absolute Gasteiger partial charge is 0.180 e.